The number of nitrogens with zero attached hydrogens (tertiary/aromatic N) is 4. The Morgan fingerprint density at radius 2 is 2.09 bits per heavy atom. The highest BCUT2D eigenvalue weighted by atomic mass is 19.3. The second-order valence-corrected chi connectivity index (χ2v) is 8.64. The fourth-order valence-corrected chi connectivity index (χ4v) is 5.12. The number of carbonyl (C=O) groups is 1. The van der Waals surface area contributed by atoms with E-state index in [2.05, 4.69) is 14.7 Å². The quantitative estimate of drug-likeness (QED) is 0.472. The van der Waals surface area contributed by atoms with Gasteiger partial charge in [-0.2, -0.15) is 8.78 Å². The first-order valence-corrected chi connectivity index (χ1v) is 11.1. The Balaban J connectivity index is 1.42. The molecule has 2 aromatic heterocycles. The number of anilines is 1. The molecule has 35 heavy (non-hydrogen) atoms. The van der Waals surface area contributed by atoms with Crippen LogP contribution in [0.2, 0.25) is 0 Å². The molecule has 4 heterocycles. The molecule has 1 saturated heterocycles. The summed E-state index contributed by atoms with van der Waals surface area (Å²) >= 11 is 0. The van der Waals surface area contributed by atoms with Crippen molar-refractivity contribution in [2.45, 2.75) is 38.2 Å². The molecule has 0 aliphatic carbocycles. The summed E-state index contributed by atoms with van der Waals surface area (Å²) in [5, 5.41) is 0. The van der Waals surface area contributed by atoms with Gasteiger partial charge in [-0.3, -0.25) is 9.20 Å². The largest absolute Gasteiger partial charge is 0.435 e. The molecule has 6 rings (SSSR count). The van der Waals surface area contributed by atoms with E-state index in [4.69, 9.17) is 10.5 Å². The topological polar surface area (TPSA) is 95.0 Å². The molecule has 0 saturated carbocycles. The number of rotatable bonds is 3. The predicted molar refractivity (Wildman–Crippen MR) is 120 cm³/mol. The average molecular weight is 483 g/mol. The van der Waals surface area contributed by atoms with Crippen LogP contribution in [0.5, 0.6) is 5.75 Å². The van der Waals surface area contributed by atoms with Crippen molar-refractivity contribution in [1.29, 1.82) is 0 Å². The lowest BCUT2D eigenvalue weighted by Gasteiger charge is -2.44. The van der Waals surface area contributed by atoms with Crippen LogP contribution < -0.4 is 10.5 Å². The first kappa shape index (κ1) is 21.7. The zero-order valence-electron chi connectivity index (χ0n) is 18.3. The number of ether oxygens (including phenoxy) is 2. The van der Waals surface area contributed by atoms with Gasteiger partial charge in [-0.15, -0.1) is 0 Å². The van der Waals surface area contributed by atoms with Crippen molar-refractivity contribution in [3.63, 3.8) is 0 Å². The molecule has 180 valence electrons. The smallest absolute Gasteiger partial charge is 0.387 e. The zero-order valence-corrected chi connectivity index (χ0v) is 18.3. The van der Waals surface area contributed by atoms with Gasteiger partial charge in [-0.1, -0.05) is 6.07 Å². The van der Waals surface area contributed by atoms with Gasteiger partial charge in [0.1, 0.15) is 22.9 Å². The predicted octanol–water partition coefficient (Wildman–Crippen LogP) is 4.08. The minimum absolute atomic E-state index is 0.0196. The zero-order chi connectivity index (χ0) is 24.3. The highest BCUT2D eigenvalue weighted by Crippen LogP contribution is 2.41. The lowest BCUT2D eigenvalue weighted by atomic mass is 9.87. The van der Waals surface area contributed by atoms with E-state index in [-0.39, 0.29) is 29.8 Å². The van der Waals surface area contributed by atoms with Crippen LogP contribution in [0.3, 0.4) is 0 Å². The number of fused-ring (bicyclic) bond motifs is 6. The maximum Gasteiger partial charge on any atom is 0.387 e. The minimum atomic E-state index is -2.94. The Hall–Kier alpha value is -3.86. The van der Waals surface area contributed by atoms with E-state index in [1.807, 2.05) is 0 Å². The number of amides is 1. The number of benzene rings is 2. The number of hydrogen-bond acceptors (Lipinski definition) is 6. The number of likely N-dealkylation sites (tertiary alicyclic amines) is 1. The molecule has 0 spiro atoms. The van der Waals surface area contributed by atoms with E-state index >= 15 is 4.39 Å². The first-order valence-electron chi connectivity index (χ1n) is 11.1. The minimum Gasteiger partial charge on any atom is -0.435 e. The summed E-state index contributed by atoms with van der Waals surface area (Å²) in [6.07, 6.45) is 4.20. The molecule has 11 heteroatoms. The molecule has 2 aromatic carbocycles. The van der Waals surface area contributed by atoms with Gasteiger partial charge in [0.2, 0.25) is 0 Å². The second-order valence-electron chi connectivity index (χ2n) is 8.64. The maximum atomic E-state index is 15.2. The van der Waals surface area contributed by atoms with Crippen LogP contribution in [0.4, 0.5) is 19.0 Å². The van der Waals surface area contributed by atoms with E-state index in [1.54, 1.807) is 21.6 Å². The highest BCUT2D eigenvalue weighted by Gasteiger charge is 2.41. The van der Waals surface area contributed by atoms with Crippen molar-refractivity contribution in [1.82, 2.24) is 19.3 Å². The van der Waals surface area contributed by atoms with Crippen LogP contribution in [0, 0.1) is 5.82 Å². The number of aromatic nitrogens is 3. The van der Waals surface area contributed by atoms with Gasteiger partial charge in [-0.05, 0) is 42.2 Å². The Bertz CT molecular complexity index is 1470. The van der Waals surface area contributed by atoms with Crippen LogP contribution in [0.1, 0.15) is 40.4 Å². The molecule has 2 aliphatic rings. The number of imidazole rings is 1. The summed E-state index contributed by atoms with van der Waals surface area (Å²) in [5.41, 5.74) is 8.64. The molecule has 0 bridgehead atoms. The molecule has 1 amide bonds. The van der Waals surface area contributed by atoms with Crippen molar-refractivity contribution in [2.24, 2.45) is 0 Å². The van der Waals surface area contributed by atoms with Crippen LogP contribution in [0.25, 0.3) is 16.6 Å². The molecular formula is C24H20F3N5O3. The van der Waals surface area contributed by atoms with Crippen LogP contribution in [0.15, 0.2) is 42.9 Å². The summed E-state index contributed by atoms with van der Waals surface area (Å²) in [7, 11) is 0. The summed E-state index contributed by atoms with van der Waals surface area (Å²) < 4.78 is 52.7. The summed E-state index contributed by atoms with van der Waals surface area (Å²) in [5.74, 6) is -0.980. The van der Waals surface area contributed by atoms with Crippen molar-refractivity contribution in [2.75, 3.05) is 12.3 Å². The molecule has 8 nitrogen and oxygen atoms in total. The Morgan fingerprint density at radius 3 is 2.91 bits per heavy atom. The van der Waals surface area contributed by atoms with Gasteiger partial charge in [0.15, 0.2) is 0 Å². The standard InChI is InChI=1S/C24H20F3N5O3/c25-16-8-17-18(32-11-29-9-19(32)22(28)30-17)7-15(16)23(33)31-5-1-2-20-21(31)14-4-3-13(35-24(26)27)6-12(14)10-34-20/h3-4,6-9,11,20-21,24H,1-2,5,10H2,(H2,28,30)/t20?,21-/m0/s1. The number of piperidine rings is 1. The molecular weight excluding hydrogens is 463 g/mol. The monoisotopic (exact) mass is 483 g/mol. The van der Waals surface area contributed by atoms with Crippen LogP contribution in [-0.4, -0.2) is 44.4 Å². The Kier molecular flexibility index (Phi) is 5.03. The number of carbonyl (C=O) groups excluding carboxylic acids is 1. The van der Waals surface area contributed by atoms with Crippen molar-refractivity contribution in [3.8, 4) is 5.75 Å². The summed E-state index contributed by atoms with van der Waals surface area (Å²) in [6, 6.07) is 6.80. The number of hydrogen-bond donors (Lipinski definition) is 1. The van der Waals surface area contributed by atoms with Gasteiger partial charge < -0.3 is 20.1 Å². The molecule has 2 atom stereocenters. The highest BCUT2D eigenvalue weighted by molar-refractivity contribution is 5.99. The van der Waals surface area contributed by atoms with Crippen molar-refractivity contribution >= 4 is 28.3 Å². The normalized spacial score (nSPS) is 19.7. The molecule has 1 unspecified atom stereocenters. The fraction of sp³-hybridized carbons (Fsp3) is 0.292. The third-order valence-corrected chi connectivity index (χ3v) is 6.64. The molecule has 0 radical (unpaired) electrons. The van der Waals surface area contributed by atoms with E-state index in [9.17, 15) is 13.6 Å². The lowest BCUT2D eigenvalue weighted by Crippen LogP contribution is -2.48. The van der Waals surface area contributed by atoms with Gasteiger partial charge in [0.05, 0.1) is 47.9 Å². The number of halogens is 3. The third kappa shape index (κ3) is 3.54. The van der Waals surface area contributed by atoms with Crippen molar-refractivity contribution < 1.29 is 27.4 Å². The SMILES string of the molecule is Nc1nc2cc(F)c(C(=O)N3CCCC4OCc5cc(OC(F)F)ccc5[C@@H]43)cc2n2cncc12. The number of nitrogens with two attached hydrogens (primary N) is 1. The Labute approximate surface area is 197 Å². The van der Waals surface area contributed by atoms with E-state index in [1.165, 1.54) is 30.6 Å². The molecule has 2 aliphatic heterocycles. The maximum absolute atomic E-state index is 15.2. The van der Waals surface area contributed by atoms with E-state index < -0.39 is 24.4 Å². The molecule has 4 aromatic rings. The first-order chi connectivity index (χ1) is 16.9. The Morgan fingerprint density at radius 1 is 1.23 bits per heavy atom. The molecule has 2 N–H and O–H groups in total. The lowest BCUT2D eigenvalue weighted by molar-refractivity contribution is -0.0591. The van der Waals surface area contributed by atoms with Crippen LogP contribution in [-0.2, 0) is 11.3 Å². The van der Waals surface area contributed by atoms with Gasteiger partial charge in [0.25, 0.3) is 5.91 Å². The summed E-state index contributed by atoms with van der Waals surface area (Å²) in [6.45, 7) is -2.33. The van der Waals surface area contributed by atoms with Gasteiger partial charge in [0, 0.05) is 12.6 Å². The van der Waals surface area contributed by atoms with Gasteiger partial charge >= 0.3 is 6.61 Å². The van der Waals surface area contributed by atoms with Gasteiger partial charge in [-0.25, -0.2) is 14.4 Å². The fourth-order valence-electron chi connectivity index (χ4n) is 5.12. The summed E-state index contributed by atoms with van der Waals surface area (Å²) in [4.78, 5) is 23.6. The van der Waals surface area contributed by atoms with E-state index in [0.717, 1.165) is 12.0 Å². The van der Waals surface area contributed by atoms with Crippen LogP contribution >= 0.6 is 0 Å². The average Bonchev–Trinajstić information content (AvgIpc) is 3.33. The third-order valence-electron chi connectivity index (χ3n) is 6.64. The van der Waals surface area contributed by atoms with E-state index in [0.29, 0.717) is 35.1 Å². The second kappa shape index (κ2) is 8.12. The molecule has 1 fully saturated rings. The van der Waals surface area contributed by atoms with Crippen molar-refractivity contribution in [3.05, 3.63) is 65.4 Å². The number of nitrogen functional groups attached to an aromatic ring is 1. The number of alkyl halides is 2.